The normalized spacial score (nSPS) is 10.8. The van der Waals surface area contributed by atoms with Crippen LogP contribution in [0.2, 0.25) is 0 Å². The molecule has 7 heteroatoms. The highest BCUT2D eigenvalue weighted by molar-refractivity contribution is 7.71. The lowest BCUT2D eigenvalue weighted by molar-refractivity contribution is 0.102. The number of amides is 1. The fourth-order valence-corrected chi connectivity index (χ4v) is 3.19. The molecule has 2 aromatic heterocycles. The summed E-state index contributed by atoms with van der Waals surface area (Å²) in [5, 5.41) is 2.83. The lowest BCUT2D eigenvalue weighted by atomic mass is 10.1. The number of carbonyl (C=O) groups excluding carboxylic acids is 1. The van der Waals surface area contributed by atoms with Gasteiger partial charge in [-0.2, -0.15) is 0 Å². The molecule has 27 heavy (non-hydrogen) atoms. The van der Waals surface area contributed by atoms with Gasteiger partial charge in [-0.25, -0.2) is 0 Å². The number of aromatic amines is 1. The van der Waals surface area contributed by atoms with Crippen LogP contribution in [0.5, 0.6) is 0 Å². The number of nitrogens with zero attached hydrogens (tertiary/aromatic N) is 2. The summed E-state index contributed by atoms with van der Waals surface area (Å²) in [4.78, 5) is 19.7. The minimum absolute atomic E-state index is 0.200. The molecule has 0 aliphatic heterocycles. The molecule has 4 aromatic rings. The van der Waals surface area contributed by atoms with Crippen LogP contribution in [0.4, 0.5) is 11.4 Å². The summed E-state index contributed by atoms with van der Waals surface area (Å²) < 4.78 is 2.64. The van der Waals surface area contributed by atoms with Crippen molar-refractivity contribution in [2.24, 2.45) is 0 Å². The molecule has 0 saturated heterocycles. The molecular formula is C20H17N5OS. The van der Waals surface area contributed by atoms with Crippen molar-refractivity contribution >= 4 is 40.5 Å². The van der Waals surface area contributed by atoms with Crippen molar-refractivity contribution in [2.45, 2.75) is 6.54 Å². The molecular weight excluding hydrogens is 358 g/mol. The molecule has 1 amide bonds. The number of anilines is 2. The van der Waals surface area contributed by atoms with Crippen LogP contribution in [-0.2, 0) is 6.54 Å². The van der Waals surface area contributed by atoms with Gasteiger partial charge in [0.05, 0.1) is 35.1 Å². The number of nitrogen functional groups attached to an aromatic ring is 1. The first-order valence-electron chi connectivity index (χ1n) is 8.39. The SMILES string of the molecule is Nc1ccccc1NC(=O)c1ccc(Cn2c(=S)[nH]c3cnccc32)cc1. The van der Waals surface area contributed by atoms with Gasteiger partial charge in [0.15, 0.2) is 4.77 Å². The Hall–Kier alpha value is -3.45. The Kier molecular flexibility index (Phi) is 4.43. The highest BCUT2D eigenvalue weighted by atomic mass is 32.1. The summed E-state index contributed by atoms with van der Waals surface area (Å²) in [7, 11) is 0. The van der Waals surface area contributed by atoms with Crippen LogP contribution in [-0.4, -0.2) is 20.4 Å². The van der Waals surface area contributed by atoms with Crippen LogP contribution in [0.1, 0.15) is 15.9 Å². The monoisotopic (exact) mass is 375 g/mol. The maximum Gasteiger partial charge on any atom is 0.255 e. The molecule has 0 saturated carbocycles. The van der Waals surface area contributed by atoms with Crippen molar-refractivity contribution < 1.29 is 4.79 Å². The Labute approximate surface area is 160 Å². The maximum absolute atomic E-state index is 12.4. The number of aromatic nitrogens is 3. The first-order valence-corrected chi connectivity index (χ1v) is 8.80. The average molecular weight is 375 g/mol. The van der Waals surface area contributed by atoms with Crippen molar-refractivity contribution in [3.05, 3.63) is 82.9 Å². The average Bonchev–Trinajstić information content (AvgIpc) is 2.99. The Balaban J connectivity index is 1.54. The molecule has 134 valence electrons. The van der Waals surface area contributed by atoms with E-state index in [2.05, 4.69) is 15.3 Å². The second kappa shape index (κ2) is 7.05. The molecule has 0 aliphatic rings. The topological polar surface area (TPSA) is 88.7 Å². The third kappa shape index (κ3) is 3.45. The summed E-state index contributed by atoms with van der Waals surface area (Å²) >= 11 is 5.41. The second-order valence-electron chi connectivity index (χ2n) is 6.15. The molecule has 2 aromatic carbocycles. The number of para-hydroxylation sites is 2. The summed E-state index contributed by atoms with van der Waals surface area (Å²) in [5.74, 6) is -0.200. The molecule has 0 unspecified atom stereocenters. The summed E-state index contributed by atoms with van der Waals surface area (Å²) in [6.45, 7) is 0.608. The van der Waals surface area contributed by atoms with Crippen LogP contribution in [0, 0.1) is 4.77 Å². The fourth-order valence-electron chi connectivity index (χ4n) is 2.92. The van der Waals surface area contributed by atoms with Gasteiger partial charge in [-0.05, 0) is 48.1 Å². The van der Waals surface area contributed by atoms with Crippen LogP contribution < -0.4 is 11.1 Å². The zero-order valence-corrected chi connectivity index (χ0v) is 15.2. The number of hydrogen-bond acceptors (Lipinski definition) is 4. The van der Waals surface area contributed by atoms with E-state index in [1.165, 1.54) is 0 Å². The van der Waals surface area contributed by atoms with E-state index in [-0.39, 0.29) is 5.91 Å². The lowest BCUT2D eigenvalue weighted by Gasteiger charge is -2.09. The highest BCUT2D eigenvalue weighted by Crippen LogP contribution is 2.19. The first-order chi connectivity index (χ1) is 13.1. The van der Waals surface area contributed by atoms with E-state index in [4.69, 9.17) is 18.0 Å². The lowest BCUT2D eigenvalue weighted by Crippen LogP contribution is -2.13. The van der Waals surface area contributed by atoms with E-state index in [0.29, 0.717) is 28.3 Å². The number of benzene rings is 2. The Bertz CT molecular complexity index is 1180. The smallest absolute Gasteiger partial charge is 0.255 e. The van der Waals surface area contributed by atoms with Gasteiger partial charge in [0, 0.05) is 11.8 Å². The minimum atomic E-state index is -0.200. The number of pyridine rings is 1. The molecule has 0 fully saturated rings. The molecule has 4 rings (SSSR count). The number of nitrogens with two attached hydrogens (primary N) is 1. The van der Waals surface area contributed by atoms with Gasteiger partial charge in [0.1, 0.15) is 0 Å². The standard InChI is InChI=1S/C20H17N5OS/c21-15-3-1-2-4-16(15)23-19(26)14-7-5-13(6-8-14)12-25-18-9-10-22-11-17(18)24-20(25)27/h1-11H,12,21H2,(H,23,26)(H,24,27). The summed E-state index contributed by atoms with van der Waals surface area (Å²) in [5.41, 5.74) is 10.5. The number of hydrogen-bond donors (Lipinski definition) is 3. The number of imidazole rings is 1. The summed E-state index contributed by atoms with van der Waals surface area (Å²) in [6, 6.07) is 16.5. The van der Waals surface area contributed by atoms with E-state index in [1.807, 2.05) is 34.9 Å². The zero-order chi connectivity index (χ0) is 18.8. The van der Waals surface area contributed by atoms with Crippen LogP contribution in [0.25, 0.3) is 11.0 Å². The van der Waals surface area contributed by atoms with Crippen LogP contribution in [0.15, 0.2) is 67.0 Å². The molecule has 0 atom stereocenters. The molecule has 4 N–H and O–H groups in total. The number of carbonyl (C=O) groups is 1. The van der Waals surface area contributed by atoms with Crippen molar-refractivity contribution in [3.63, 3.8) is 0 Å². The van der Waals surface area contributed by atoms with Crippen molar-refractivity contribution in [1.29, 1.82) is 0 Å². The maximum atomic E-state index is 12.4. The Morgan fingerprint density at radius 1 is 1.15 bits per heavy atom. The van der Waals surface area contributed by atoms with E-state index < -0.39 is 0 Å². The second-order valence-corrected chi connectivity index (χ2v) is 6.53. The third-order valence-electron chi connectivity index (χ3n) is 4.34. The molecule has 6 nitrogen and oxygen atoms in total. The van der Waals surface area contributed by atoms with Crippen LogP contribution >= 0.6 is 12.2 Å². The van der Waals surface area contributed by atoms with Gasteiger partial charge >= 0.3 is 0 Å². The molecule has 0 bridgehead atoms. The first kappa shape index (κ1) is 17.0. The number of fused-ring (bicyclic) bond motifs is 1. The minimum Gasteiger partial charge on any atom is -0.397 e. The predicted molar refractivity (Wildman–Crippen MR) is 109 cm³/mol. The Morgan fingerprint density at radius 2 is 1.93 bits per heavy atom. The van der Waals surface area contributed by atoms with E-state index in [0.717, 1.165) is 16.6 Å². The Morgan fingerprint density at radius 3 is 2.70 bits per heavy atom. The van der Waals surface area contributed by atoms with E-state index >= 15 is 0 Å². The summed E-state index contributed by atoms with van der Waals surface area (Å²) in [6.07, 6.45) is 3.49. The van der Waals surface area contributed by atoms with Gasteiger partial charge in [0.2, 0.25) is 0 Å². The van der Waals surface area contributed by atoms with Gasteiger partial charge in [-0.1, -0.05) is 24.3 Å². The van der Waals surface area contributed by atoms with Gasteiger partial charge in [0.25, 0.3) is 5.91 Å². The number of rotatable bonds is 4. The largest absolute Gasteiger partial charge is 0.397 e. The quantitative estimate of drug-likeness (QED) is 0.372. The van der Waals surface area contributed by atoms with Crippen molar-refractivity contribution in [1.82, 2.24) is 14.5 Å². The van der Waals surface area contributed by atoms with Crippen molar-refractivity contribution in [2.75, 3.05) is 11.1 Å². The third-order valence-corrected chi connectivity index (χ3v) is 4.66. The van der Waals surface area contributed by atoms with Crippen molar-refractivity contribution in [3.8, 4) is 0 Å². The molecule has 2 heterocycles. The van der Waals surface area contributed by atoms with Gasteiger partial charge in [-0.15, -0.1) is 0 Å². The molecule has 0 radical (unpaired) electrons. The molecule has 0 aliphatic carbocycles. The highest BCUT2D eigenvalue weighted by Gasteiger charge is 2.09. The van der Waals surface area contributed by atoms with E-state index in [9.17, 15) is 4.79 Å². The predicted octanol–water partition coefficient (Wildman–Crippen LogP) is 3.98. The number of nitrogens with one attached hydrogen (secondary N) is 2. The molecule has 0 spiro atoms. The number of H-pyrrole nitrogens is 1. The van der Waals surface area contributed by atoms with Gasteiger partial charge in [-0.3, -0.25) is 9.78 Å². The zero-order valence-electron chi connectivity index (χ0n) is 14.3. The van der Waals surface area contributed by atoms with Crippen LogP contribution in [0.3, 0.4) is 0 Å². The van der Waals surface area contributed by atoms with Gasteiger partial charge < -0.3 is 20.6 Å². The fraction of sp³-hybridized carbons (Fsp3) is 0.0500. The van der Waals surface area contributed by atoms with E-state index in [1.54, 1.807) is 36.7 Å².